The fourth-order valence-electron chi connectivity index (χ4n) is 3.69. The monoisotopic (exact) mass is 373 g/mol. The van der Waals surface area contributed by atoms with E-state index in [4.69, 9.17) is 0 Å². The van der Waals surface area contributed by atoms with Gasteiger partial charge in [0.2, 0.25) is 5.91 Å². The predicted molar refractivity (Wildman–Crippen MR) is 113 cm³/mol. The van der Waals surface area contributed by atoms with Crippen LogP contribution >= 0.6 is 0 Å². The van der Waals surface area contributed by atoms with Crippen LogP contribution in [0.4, 0.5) is 5.69 Å². The maximum absolute atomic E-state index is 13.1. The summed E-state index contributed by atoms with van der Waals surface area (Å²) < 4.78 is 1.97. The van der Waals surface area contributed by atoms with E-state index in [-0.39, 0.29) is 11.3 Å². The van der Waals surface area contributed by atoms with Gasteiger partial charge in [0.05, 0.1) is 5.41 Å². The first-order valence-corrected chi connectivity index (χ1v) is 9.80. The highest BCUT2D eigenvalue weighted by molar-refractivity contribution is 6.01. The van der Waals surface area contributed by atoms with Crippen molar-refractivity contribution in [1.82, 2.24) is 9.55 Å². The molecule has 1 fully saturated rings. The summed E-state index contributed by atoms with van der Waals surface area (Å²) in [5.41, 5.74) is 3.92. The number of carbonyl (C=O) groups excluding carboxylic acids is 1. The highest BCUT2D eigenvalue weighted by atomic mass is 16.2. The van der Waals surface area contributed by atoms with Gasteiger partial charge < -0.3 is 9.88 Å². The van der Waals surface area contributed by atoms with E-state index in [1.165, 1.54) is 5.56 Å². The van der Waals surface area contributed by atoms with Crippen LogP contribution in [-0.2, 0) is 22.7 Å². The van der Waals surface area contributed by atoms with E-state index < -0.39 is 5.41 Å². The molecule has 1 N–H and O–H groups in total. The summed E-state index contributed by atoms with van der Waals surface area (Å²) in [6, 6.07) is 16.4. The topological polar surface area (TPSA) is 46.9 Å². The van der Waals surface area contributed by atoms with Gasteiger partial charge in [-0.2, -0.15) is 0 Å². The van der Waals surface area contributed by atoms with E-state index >= 15 is 0 Å². The van der Waals surface area contributed by atoms with E-state index in [2.05, 4.69) is 55.3 Å². The number of anilines is 1. The number of nitrogens with one attached hydrogen (secondary N) is 1. The number of aryl methyl sites for hydroxylation is 1. The molecule has 0 radical (unpaired) electrons. The first-order valence-electron chi connectivity index (χ1n) is 9.80. The van der Waals surface area contributed by atoms with Crippen molar-refractivity contribution in [1.29, 1.82) is 0 Å². The molecule has 0 atom stereocenters. The minimum Gasteiger partial charge on any atom is -0.334 e. The van der Waals surface area contributed by atoms with Crippen molar-refractivity contribution in [3.8, 4) is 11.4 Å². The molecule has 4 heteroatoms. The van der Waals surface area contributed by atoms with E-state index in [9.17, 15) is 4.79 Å². The Balaban J connectivity index is 1.55. The van der Waals surface area contributed by atoms with Crippen LogP contribution in [0, 0.1) is 0 Å². The SMILES string of the molecule is Cn1ccnc1-c1cccc(NC(=O)C2(c3ccc(C(C)(C)C)cc3)CC2)c1. The molecule has 28 heavy (non-hydrogen) atoms. The standard InChI is InChI=1S/C24H27N3O/c1-23(2,3)18-8-10-19(11-9-18)24(12-13-24)22(28)26-20-7-5-6-17(16-20)21-25-14-15-27(21)4/h5-11,14-16H,12-13H2,1-4H3,(H,26,28). The third kappa shape index (κ3) is 3.35. The molecule has 0 spiro atoms. The maximum Gasteiger partial charge on any atom is 0.235 e. The highest BCUT2D eigenvalue weighted by Crippen LogP contribution is 2.49. The third-order valence-electron chi connectivity index (χ3n) is 5.69. The van der Waals surface area contributed by atoms with Gasteiger partial charge in [0, 0.05) is 30.7 Å². The average molecular weight is 374 g/mol. The maximum atomic E-state index is 13.1. The van der Waals surface area contributed by atoms with Crippen molar-refractivity contribution in [2.75, 3.05) is 5.32 Å². The molecular weight excluding hydrogens is 346 g/mol. The predicted octanol–water partition coefficient (Wildman–Crippen LogP) is 5.05. The number of imidazole rings is 1. The van der Waals surface area contributed by atoms with E-state index in [1.54, 1.807) is 6.20 Å². The molecule has 2 aromatic carbocycles. The summed E-state index contributed by atoms with van der Waals surface area (Å²) in [7, 11) is 1.97. The normalized spacial score (nSPS) is 15.3. The number of carbonyl (C=O) groups is 1. The molecule has 0 unspecified atom stereocenters. The van der Waals surface area contributed by atoms with Gasteiger partial charge in [-0.3, -0.25) is 4.79 Å². The van der Waals surface area contributed by atoms with Gasteiger partial charge in [-0.05, 0) is 41.5 Å². The smallest absolute Gasteiger partial charge is 0.235 e. The molecule has 0 saturated heterocycles. The van der Waals surface area contributed by atoms with Crippen LogP contribution < -0.4 is 5.32 Å². The van der Waals surface area contributed by atoms with Crippen molar-refractivity contribution in [3.63, 3.8) is 0 Å². The largest absolute Gasteiger partial charge is 0.334 e. The first kappa shape index (κ1) is 18.5. The molecule has 1 aliphatic carbocycles. The van der Waals surface area contributed by atoms with Gasteiger partial charge in [0.15, 0.2) is 0 Å². The molecule has 0 aliphatic heterocycles. The number of amides is 1. The molecule has 1 saturated carbocycles. The Morgan fingerprint density at radius 1 is 1.11 bits per heavy atom. The molecule has 1 aliphatic rings. The number of hydrogen-bond acceptors (Lipinski definition) is 2. The highest BCUT2D eigenvalue weighted by Gasteiger charge is 2.51. The molecule has 3 aromatic rings. The lowest BCUT2D eigenvalue weighted by atomic mass is 9.85. The number of benzene rings is 2. The number of aromatic nitrogens is 2. The summed E-state index contributed by atoms with van der Waals surface area (Å²) in [5, 5.41) is 3.13. The number of rotatable bonds is 4. The molecule has 1 amide bonds. The van der Waals surface area contributed by atoms with Crippen molar-refractivity contribution < 1.29 is 4.79 Å². The second-order valence-corrected chi connectivity index (χ2v) is 8.81. The zero-order valence-corrected chi connectivity index (χ0v) is 17.0. The van der Waals surface area contributed by atoms with Gasteiger partial charge >= 0.3 is 0 Å². The lowest BCUT2D eigenvalue weighted by molar-refractivity contribution is -0.118. The van der Waals surface area contributed by atoms with Crippen LogP contribution in [0.3, 0.4) is 0 Å². The van der Waals surface area contributed by atoms with Gasteiger partial charge in [0.25, 0.3) is 0 Å². The molecule has 0 bridgehead atoms. The summed E-state index contributed by atoms with van der Waals surface area (Å²) in [6.45, 7) is 6.61. The van der Waals surface area contributed by atoms with E-state index in [0.29, 0.717) is 0 Å². The second-order valence-electron chi connectivity index (χ2n) is 8.81. The van der Waals surface area contributed by atoms with E-state index in [1.807, 2.05) is 42.1 Å². The van der Waals surface area contributed by atoms with Crippen LogP contribution in [0.5, 0.6) is 0 Å². The van der Waals surface area contributed by atoms with Gasteiger partial charge in [-0.1, -0.05) is 57.2 Å². The lowest BCUT2D eigenvalue weighted by Crippen LogP contribution is -2.28. The zero-order chi connectivity index (χ0) is 19.9. The van der Waals surface area contributed by atoms with Crippen LogP contribution in [0.1, 0.15) is 44.7 Å². The third-order valence-corrected chi connectivity index (χ3v) is 5.69. The van der Waals surface area contributed by atoms with E-state index in [0.717, 1.165) is 35.5 Å². The number of hydrogen-bond donors (Lipinski definition) is 1. The summed E-state index contributed by atoms with van der Waals surface area (Å²) in [6.07, 6.45) is 5.49. The fraction of sp³-hybridized carbons (Fsp3) is 0.333. The van der Waals surface area contributed by atoms with Crippen LogP contribution in [0.25, 0.3) is 11.4 Å². The minimum absolute atomic E-state index is 0.0769. The van der Waals surface area contributed by atoms with Gasteiger partial charge in [-0.25, -0.2) is 4.98 Å². The van der Waals surface area contributed by atoms with Crippen LogP contribution in [0.15, 0.2) is 60.9 Å². The summed E-state index contributed by atoms with van der Waals surface area (Å²) >= 11 is 0. The first-order chi connectivity index (χ1) is 13.3. The van der Waals surface area contributed by atoms with Crippen LogP contribution in [0.2, 0.25) is 0 Å². The second kappa shape index (κ2) is 6.62. The Morgan fingerprint density at radius 2 is 1.82 bits per heavy atom. The molecular formula is C24H27N3O. The minimum atomic E-state index is -0.393. The summed E-state index contributed by atoms with van der Waals surface area (Å²) in [4.78, 5) is 17.5. The van der Waals surface area contributed by atoms with Gasteiger partial charge in [0.1, 0.15) is 5.82 Å². The molecule has 1 heterocycles. The average Bonchev–Trinajstić information content (AvgIpc) is 3.37. The Bertz CT molecular complexity index is 1000. The Labute approximate surface area is 166 Å². The number of nitrogens with zero attached hydrogens (tertiary/aromatic N) is 2. The Kier molecular flexibility index (Phi) is 4.37. The van der Waals surface area contributed by atoms with Crippen molar-refractivity contribution in [2.45, 2.75) is 44.4 Å². The summed E-state index contributed by atoms with van der Waals surface area (Å²) in [5.74, 6) is 0.961. The quantitative estimate of drug-likeness (QED) is 0.695. The molecule has 4 rings (SSSR count). The lowest BCUT2D eigenvalue weighted by Gasteiger charge is -2.21. The van der Waals surface area contributed by atoms with Crippen molar-refractivity contribution in [3.05, 3.63) is 72.1 Å². The Hall–Kier alpha value is -2.88. The van der Waals surface area contributed by atoms with Crippen molar-refractivity contribution >= 4 is 11.6 Å². The van der Waals surface area contributed by atoms with Crippen LogP contribution in [-0.4, -0.2) is 15.5 Å². The Morgan fingerprint density at radius 3 is 2.39 bits per heavy atom. The molecule has 144 valence electrons. The molecule has 4 nitrogen and oxygen atoms in total. The van der Waals surface area contributed by atoms with Gasteiger partial charge in [-0.15, -0.1) is 0 Å². The van der Waals surface area contributed by atoms with Crippen molar-refractivity contribution in [2.24, 2.45) is 7.05 Å². The fourth-order valence-corrected chi connectivity index (χ4v) is 3.69. The zero-order valence-electron chi connectivity index (χ0n) is 17.0. The molecule has 1 aromatic heterocycles.